The summed E-state index contributed by atoms with van der Waals surface area (Å²) in [4.78, 5) is 21.3. The van der Waals surface area contributed by atoms with Crippen LogP contribution in [0.1, 0.15) is 54.7 Å². The molecule has 1 saturated carbocycles. The zero-order chi connectivity index (χ0) is 26.1. The first-order valence-electron chi connectivity index (χ1n) is 12.5. The van der Waals surface area contributed by atoms with Gasteiger partial charge in [0.2, 0.25) is 11.8 Å². The minimum atomic E-state index is -0.392. The van der Waals surface area contributed by atoms with Gasteiger partial charge in [-0.15, -0.1) is 0 Å². The summed E-state index contributed by atoms with van der Waals surface area (Å²) in [7, 11) is 1.38. The van der Waals surface area contributed by atoms with Crippen molar-refractivity contribution in [2.24, 2.45) is 5.92 Å². The molecule has 1 aromatic carbocycles. The maximum Gasteiger partial charge on any atom is 0.337 e. The molecule has 1 aliphatic rings. The number of hydrogen-bond acceptors (Lipinski definition) is 7. The van der Waals surface area contributed by atoms with Gasteiger partial charge in [-0.2, -0.15) is 5.10 Å². The molecule has 2 N–H and O–H groups in total. The second-order valence-electron chi connectivity index (χ2n) is 9.72. The van der Waals surface area contributed by atoms with E-state index in [4.69, 9.17) is 15.2 Å². The molecule has 0 aliphatic heterocycles. The lowest BCUT2D eigenvalue weighted by atomic mass is 10.1. The fourth-order valence-corrected chi connectivity index (χ4v) is 4.95. The fourth-order valence-electron chi connectivity index (χ4n) is 4.60. The van der Waals surface area contributed by atoms with Crippen molar-refractivity contribution in [2.75, 3.05) is 19.5 Å². The molecule has 0 unspecified atom stereocenters. The Hall–Kier alpha value is -3.40. The van der Waals surface area contributed by atoms with Gasteiger partial charge in [-0.3, -0.25) is 4.98 Å². The van der Waals surface area contributed by atoms with Crippen molar-refractivity contribution in [2.45, 2.75) is 52.1 Å². The molecule has 9 nitrogen and oxygen atoms in total. The van der Waals surface area contributed by atoms with E-state index in [9.17, 15) is 4.79 Å². The number of imidazole rings is 1. The monoisotopic (exact) mass is 566 g/mol. The van der Waals surface area contributed by atoms with Crippen LogP contribution in [0.5, 0.6) is 5.88 Å². The van der Waals surface area contributed by atoms with Crippen LogP contribution < -0.4 is 10.5 Å². The first-order chi connectivity index (χ1) is 17.8. The van der Waals surface area contributed by atoms with Crippen molar-refractivity contribution < 1.29 is 14.3 Å². The van der Waals surface area contributed by atoms with Gasteiger partial charge in [-0.05, 0) is 68.9 Å². The van der Waals surface area contributed by atoms with E-state index in [2.05, 4.69) is 48.6 Å². The Labute approximate surface area is 224 Å². The van der Waals surface area contributed by atoms with Gasteiger partial charge in [0.25, 0.3) is 0 Å². The van der Waals surface area contributed by atoms with Crippen LogP contribution in [0.4, 0.5) is 5.95 Å². The van der Waals surface area contributed by atoms with E-state index in [1.54, 1.807) is 18.3 Å². The zero-order valence-corrected chi connectivity index (χ0v) is 22.9. The van der Waals surface area contributed by atoms with Crippen LogP contribution in [0, 0.1) is 12.8 Å². The van der Waals surface area contributed by atoms with E-state index in [0.717, 1.165) is 59.0 Å². The highest BCUT2D eigenvalue weighted by atomic mass is 79.9. The van der Waals surface area contributed by atoms with Crippen molar-refractivity contribution in [1.29, 1.82) is 0 Å². The van der Waals surface area contributed by atoms with Crippen LogP contribution in [-0.2, 0) is 11.3 Å². The highest BCUT2D eigenvalue weighted by molar-refractivity contribution is 9.10. The first-order valence-corrected chi connectivity index (χ1v) is 13.3. The van der Waals surface area contributed by atoms with E-state index < -0.39 is 5.97 Å². The lowest BCUT2D eigenvalue weighted by molar-refractivity contribution is 0.0600. The fraction of sp³-hybridized carbons (Fsp3) is 0.407. The molecule has 3 aromatic heterocycles. The van der Waals surface area contributed by atoms with Gasteiger partial charge in [0.05, 0.1) is 53.8 Å². The number of nitrogens with zero attached hydrogens (tertiary/aromatic N) is 5. The van der Waals surface area contributed by atoms with Gasteiger partial charge in [-0.25, -0.2) is 14.5 Å². The summed E-state index contributed by atoms with van der Waals surface area (Å²) in [5, 5.41) is 4.60. The number of ether oxygens (including phenoxy) is 2. The Kier molecular flexibility index (Phi) is 7.19. The molecule has 0 saturated heterocycles. The summed E-state index contributed by atoms with van der Waals surface area (Å²) in [5.41, 5.74) is 10.8. The number of aromatic nitrogens is 5. The number of halogens is 1. The van der Waals surface area contributed by atoms with Gasteiger partial charge in [0, 0.05) is 16.7 Å². The Morgan fingerprint density at radius 2 is 2.05 bits per heavy atom. The molecule has 1 atom stereocenters. The van der Waals surface area contributed by atoms with E-state index in [1.807, 2.05) is 23.7 Å². The third-order valence-electron chi connectivity index (χ3n) is 6.61. The standard InChI is InChI=1S/C27H31BrN6O3/c1-16(15-33-24-13-19(28)6-9-22(24)32-27(33)29)5-4-10-37-25-21(14-30-34(25)20-7-8-20)23-12-18(26(35)36-3)11-17(2)31-23/h6,9,11-14,16,20H,4-5,7-8,10,15H2,1-3H3,(H2,29,32)/t16-/m1/s1. The number of methoxy groups -OCH3 is 1. The molecule has 194 valence electrons. The van der Waals surface area contributed by atoms with Crippen LogP contribution in [0.2, 0.25) is 0 Å². The van der Waals surface area contributed by atoms with Crippen molar-refractivity contribution >= 4 is 38.9 Å². The molecular formula is C27H31BrN6O3. The highest BCUT2D eigenvalue weighted by Gasteiger charge is 2.30. The van der Waals surface area contributed by atoms with E-state index >= 15 is 0 Å². The number of nitrogen functional groups attached to an aromatic ring is 1. The molecule has 0 radical (unpaired) electrons. The Morgan fingerprint density at radius 3 is 2.81 bits per heavy atom. The number of pyridine rings is 1. The van der Waals surface area contributed by atoms with E-state index in [-0.39, 0.29) is 0 Å². The predicted octanol–water partition coefficient (Wildman–Crippen LogP) is 5.56. The van der Waals surface area contributed by atoms with Crippen molar-refractivity contribution in [3.8, 4) is 17.1 Å². The normalized spacial score (nSPS) is 14.2. The average molecular weight is 567 g/mol. The zero-order valence-electron chi connectivity index (χ0n) is 21.3. The SMILES string of the molecule is COC(=O)c1cc(C)nc(-c2cnn(C3CC3)c2OCCC[C@@H](C)Cn2c(N)nc3ccc(Br)cc32)c1. The van der Waals surface area contributed by atoms with E-state index in [0.29, 0.717) is 41.7 Å². The van der Waals surface area contributed by atoms with E-state index in [1.165, 1.54) is 7.11 Å². The summed E-state index contributed by atoms with van der Waals surface area (Å²) in [6, 6.07) is 9.81. The smallest absolute Gasteiger partial charge is 0.337 e. The second kappa shape index (κ2) is 10.5. The summed E-state index contributed by atoms with van der Waals surface area (Å²) in [5.74, 6) is 1.23. The summed E-state index contributed by atoms with van der Waals surface area (Å²) in [6.45, 7) is 5.41. The number of carbonyl (C=O) groups excluding carboxylic acids is 1. The number of esters is 1. The van der Waals surface area contributed by atoms with Crippen LogP contribution in [-0.4, -0.2) is 44.0 Å². The lowest BCUT2D eigenvalue weighted by Crippen LogP contribution is -2.12. The summed E-state index contributed by atoms with van der Waals surface area (Å²) in [6.07, 6.45) is 5.79. The number of rotatable bonds is 10. The van der Waals surface area contributed by atoms with Gasteiger partial charge < -0.3 is 19.8 Å². The summed E-state index contributed by atoms with van der Waals surface area (Å²) < 4.78 is 16.3. The molecule has 10 heteroatoms. The molecule has 37 heavy (non-hydrogen) atoms. The molecule has 0 bridgehead atoms. The van der Waals surface area contributed by atoms with Gasteiger partial charge in [0.1, 0.15) is 0 Å². The van der Waals surface area contributed by atoms with Gasteiger partial charge in [-0.1, -0.05) is 22.9 Å². The number of fused-ring (bicyclic) bond motifs is 1. The number of hydrogen-bond donors (Lipinski definition) is 1. The topological polar surface area (TPSA) is 110 Å². The molecule has 1 aliphatic carbocycles. The number of carbonyl (C=O) groups is 1. The quantitative estimate of drug-likeness (QED) is 0.197. The molecule has 0 amide bonds. The minimum absolute atomic E-state index is 0.351. The van der Waals surface area contributed by atoms with Crippen molar-refractivity contribution in [1.82, 2.24) is 24.3 Å². The third kappa shape index (κ3) is 5.49. The van der Waals surface area contributed by atoms with Crippen LogP contribution >= 0.6 is 15.9 Å². The number of aryl methyl sites for hydroxylation is 1. The molecule has 4 aromatic rings. The largest absolute Gasteiger partial charge is 0.477 e. The Morgan fingerprint density at radius 1 is 1.24 bits per heavy atom. The molecule has 1 fully saturated rings. The lowest BCUT2D eigenvalue weighted by Gasteiger charge is -2.15. The Bertz CT molecular complexity index is 1440. The molecule has 5 rings (SSSR count). The maximum absolute atomic E-state index is 12.1. The van der Waals surface area contributed by atoms with Crippen molar-refractivity contribution in [3.63, 3.8) is 0 Å². The maximum atomic E-state index is 12.1. The van der Waals surface area contributed by atoms with Crippen LogP contribution in [0.25, 0.3) is 22.3 Å². The van der Waals surface area contributed by atoms with Crippen molar-refractivity contribution in [3.05, 3.63) is 52.3 Å². The minimum Gasteiger partial charge on any atom is -0.477 e. The van der Waals surface area contributed by atoms with Gasteiger partial charge >= 0.3 is 5.97 Å². The third-order valence-corrected chi connectivity index (χ3v) is 7.10. The molecule has 3 heterocycles. The second-order valence-corrected chi connectivity index (χ2v) is 10.6. The first kappa shape index (κ1) is 25.3. The number of benzene rings is 1. The average Bonchev–Trinajstić information content (AvgIpc) is 3.56. The highest BCUT2D eigenvalue weighted by Crippen LogP contribution is 2.41. The molecule has 0 spiro atoms. The predicted molar refractivity (Wildman–Crippen MR) is 146 cm³/mol. The van der Waals surface area contributed by atoms with Crippen LogP contribution in [0.15, 0.2) is 41.0 Å². The van der Waals surface area contributed by atoms with Crippen LogP contribution in [0.3, 0.4) is 0 Å². The number of nitrogens with two attached hydrogens (primary N) is 1. The summed E-state index contributed by atoms with van der Waals surface area (Å²) >= 11 is 3.54. The van der Waals surface area contributed by atoms with Gasteiger partial charge in [0.15, 0.2) is 0 Å². The molecular weight excluding hydrogens is 536 g/mol. The number of anilines is 1. The Balaban J connectivity index is 1.26.